The van der Waals surface area contributed by atoms with Crippen LogP contribution in [0, 0.1) is 6.92 Å². The van der Waals surface area contributed by atoms with Crippen molar-refractivity contribution >= 4 is 38.7 Å². The van der Waals surface area contributed by atoms with Crippen LogP contribution in [0.5, 0.6) is 5.75 Å². The Hall–Kier alpha value is -3.73. The maximum Gasteiger partial charge on any atom is 0.272 e. The summed E-state index contributed by atoms with van der Waals surface area (Å²) in [6.45, 7) is 6.73. The van der Waals surface area contributed by atoms with E-state index in [-0.39, 0.29) is 5.91 Å². The standard InChI is InChI=1S/C33H39N7O2S/c1-21-30-29(23-7-10-26(28(20-23)42-4)35-32(41)27-19-24-11-18-43-33(24)38(27)3)36-31(40(30)13-12-34-21)22-5-8-25(9-6-22)39-16-14-37(2)15-17-39/h7,10-13,18-20,22,25H,5-6,8-9,14-17H2,1-4H3,(H,35,41)/t22-,25-. The van der Waals surface area contributed by atoms with Crippen LogP contribution in [0.4, 0.5) is 5.69 Å². The molecule has 5 aromatic rings. The molecule has 1 saturated carbocycles. The van der Waals surface area contributed by atoms with Crippen molar-refractivity contribution in [3.8, 4) is 17.0 Å². The van der Waals surface area contributed by atoms with Gasteiger partial charge in [-0.15, -0.1) is 11.3 Å². The number of methoxy groups -OCH3 is 1. The molecule has 1 aromatic carbocycles. The van der Waals surface area contributed by atoms with Gasteiger partial charge in [0.15, 0.2) is 0 Å². The van der Waals surface area contributed by atoms with Gasteiger partial charge in [0.05, 0.1) is 29.7 Å². The number of hydrogen-bond acceptors (Lipinski definition) is 7. The summed E-state index contributed by atoms with van der Waals surface area (Å²) in [5.74, 6) is 1.96. The molecule has 0 atom stereocenters. The molecule has 2 fully saturated rings. The summed E-state index contributed by atoms with van der Waals surface area (Å²) in [5.41, 5.74) is 5.06. The fourth-order valence-corrected chi connectivity index (χ4v) is 7.85. The number of nitrogens with one attached hydrogen (secondary N) is 1. The number of anilines is 1. The lowest BCUT2D eigenvalue weighted by molar-refractivity contribution is 0.0872. The van der Waals surface area contributed by atoms with Gasteiger partial charge < -0.3 is 19.5 Å². The van der Waals surface area contributed by atoms with Crippen LogP contribution in [0.2, 0.25) is 0 Å². The lowest BCUT2D eigenvalue weighted by Crippen LogP contribution is -2.49. The number of imidazole rings is 1. The van der Waals surface area contributed by atoms with E-state index in [1.54, 1.807) is 18.4 Å². The second-order valence-corrected chi connectivity index (χ2v) is 12.9. The van der Waals surface area contributed by atoms with Crippen molar-refractivity contribution in [1.82, 2.24) is 28.7 Å². The van der Waals surface area contributed by atoms with Crippen LogP contribution in [0.15, 0.2) is 48.1 Å². The summed E-state index contributed by atoms with van der Waals surface area (Å²) >= 11 is 1.63. The molecule has 5 heterocycles. The number of thiophene rings is 1. The molecule has 1 N–H and O–H groups in total. The smallest absolute Gasteiger partial charge is 0.272 e. The van der Waals surface area contributed by atoms with Crippen LogP contribution in [-0.2, 0) is 7.05 Å². The maximum atomic E-state index is 13.2. The molecule has 0 radical (unpaired) electrons. The third kappa shape index (κ3) is 5.11. The summed E-state index contributed by atoms with van der Waals surface area (Å²) in [5, 5.41) is 6.17. The molecule has 1 amide bonds. The molecule has 4 aromatic heterocycles. The number of carbonyl (C=O) groups is 1. The Morgan fingerprint density at radius 2 is 1.84 bits per heavy atom. The molecule has 1 aliphatic carbocycles. The minimum Gasteiger partial charge on any atom is -0.495 e. The average Bonchev–Trinajstić information content (AvgIpc) is 3.73. The number of hydrogen-bond donors (Lipinski definition) is 1. The van der Waals surface area contributed by atoms with Crippen LogP contribution in [-0.4, -0.2) is 81.0 Å². The van der Waals surface area contributed by atoms with E-state index in [0.29, 0.717) is 29.1 Å². The lowest BCUT2D eigenvalue weighted by atomic mass is 9.84. The summed E-state index contributed by atoms with van der Waals surface area (Å²) in [4.78, 5) is 29.4. The van der Waals surface area contributed by atoms with Gasteiger partial charge in [-0.1, -0.05) is 6.07 Å². The first kappa shape index (κ1) is 28.1. The van der Waals surface area contributed by atoms with Gasteiger partial charge in [-0.25, -0.2) is 4.98 Å². The number of nitrogens with zero attached hydrogens (tertiary/aromatic N) is 6. The highest BCUT2D eigenvalue weighted by Crippen LogP contribution is 2.39. The third-order valence-electron chi connectivity index (χ3n) is 9.47. The molecule has 1 saturated heterocycles. The van der Waals surface area contributed by atoms with E-state index in [0.717, 1.165) is 64.4 Å². The molecule has 0 bridgehead atoms. The lowest BCUT2D eigenvalue weighted by Gasteiger charge is -2.41. The van der Waals surface area contributed by atoms with Gasteiger partial charge in [0.2, 0.25) is 0 Å². The fraction of sp³-hybridized carbons (Fsp3) is 0.424. The summed E-state index contributed by atoms with van der Waals surface area (Å²) < 4.78 is 9.97. The molecule has 0 spiro atoms. The predicted octanol–water partition coefficient (Wildman–Crippen LogP) is 5.79. The number of rotatable bonds is 6. The topological polar surface area (TPSA) is 79.9 Å². The minimum atomic E-state index is -0.168. The summed E-state index contributed by atoms with van der Waals surface area (Å²) in [7, 11) is 5.78. The first-order chi connectivity index (χ1) is 20.9. The van der Waals surface area contributed by atoms with Crippen molar-refractivity contribution in [3.63, 3.8) is 0 Å². The number of carbonyl (C=O) groups excluding carboxylic acids is 1. The van der Waals surface area contributed by atoms with Gasteiger partial charge in [0, 0.05) is 68.5 Å². The molecule has 10 heteroatoms. The number of aryl methyl sites for hydroxylation is 2. The van der Waals surface area contributed by atoms with Gasteiger partial charge in [-0.2, -0.15) is 0 Å². The van der Waals surface area contributed by atoms with Crippen LogP contribution in [0.25, 0.3) is 27.0 Å². The number of ether oxygens (including phenoxy) is 1. The van der Waals surface area contributed by atoms with E-state index < -0.39 is 0 Å². The Balaban J connectivity index is 1.15. The number of amides is 1. The molecule has 43 heavy (non-hydrogen) atoms. The summed E-state index contributed by atoms with van der Waals surface area (Å²) in [6.07, 6.45) is 8.63. The molecule has 224 valence electrons. The number of likely N-dealkylation sites (N-methyl/N-ethyl adjacent to an activating group) is 1. The molecule has 7 rings (SSSR count). The highest BCUT2D eigenvalue weighted by atomic mass is 32.1. The number of piperazine rings is 1. The molecule has 1 aliphatic heterocycles. The summed E-state index contributed by atoms with van der Waals surface area (Å²) in [6, 6.07) is 10.5. The zero-order chi connectivity index (χ0) is 29.7. The first-order valence-corrected chi connectivity index (χ1v) is 16.1. The van der Waals surface area contributed by atoms with E-state index >= 15 is 0 Å². The van der Waals surface area contributed by atoms with Crippen molar-refractivity contribution in [1.29, 1.82) is 0 Å². The molecule has 0 unspecified atom stereocenters. The van der Waals surface area contributed by atoms with E-state index in [1.807, 2.05) is 60.4 Å². The Labute approximate surface area is 256 Å². The quantitative estimate of drug-likeness (QED) is 0.267. The largest absolute Gasteiger partial charge is 0.495 e. The number of aromatic nitrogens is 4. The zero-order valence-electron chi connectivity index (χ0n) is 25.3. The maximum absolute atomic E-state index is 13.2. The van der Waals surface area contributed by atoms with E-state index in [4.69, 9.17) is 9.72 Å². The Morgan fingerprint density at radius 1 is 1.05 bits per heavy atom. The molecular formula is C33H39N7O2S. The fourth-order valence-electron chi connectivity index (χ4n) is 6.99. The van der Waals surface area contributed by atoms with E-state index in [1.165, 1.54) is 25.9 Å². The van der Waals surface area contributed by atoms with Gasteiger partial charge in [0.25, 0.3) is 5.91 Å². The predicted molar refractivity (Wildman–Crippen MR) is 173 cm³/mol. The molecule has 2 aliphatic rings. The first-order valence-electron chi connectivity index (χ1n) is 15.2. The van der Waals surface area contributed by atoms with Gasteiger partial charge in [-0.3, -0.25) is 19.1 Å². The molecule has 9 nitrogen and oxygen atoms in total. The van der Waals surface area contributed by atoms with Crippen LogP contribution < -0.4 is 10.1 Å². The van der Waals surface area contributed by atoms with Crippen molar-refractivity contribution in [3.05, 3.63) is 65.3 Å². The van der Waals surface area contributed by atoms with Gasteiger partial charge in [-0.05, 0) is 69.3 Å². The molecular weight excluding hydrogens is 558 g/mol. The van der Waals surface area contributed by atoms with Crippen LogP contribution in [0.1, 0.15) is 53.6 Å². The van der Waals surface area contributed by atoms with E-state index in [9.17, 15) is 4.79 Å². The second-order valence-electron chi connectivity index (χ2n) is 12.0. The van der Waals surface area contributed by atoms with Crippen molar-refractivity contribution < 1.29 is 9.53 Å². The Kier molecular flexibility index (Phi) is 7.44. The van der Waals surface area contributed by atoms with Crippen molar-refractivity contribution in [2.45, 2.75) is 44.6 Å². The minimum absolute atomic E-state index is 0.168. The van der Waals surface area contributed by atoms with E-state index in [2.05, 4.69) is 37.7 Å². The van der Waals surface area contributed by atoms with Crippen molar-refractivity contribution in [2.75, 3.05) is 45.7 Å². The second kappa shape index (κ2) is 11.4. The van der Waals surface area contributed by atoms with Crippen molar-refractivity contribution in [2.24, 2.45) is 7.05 Å². The van der Waals surface area contributed by atoms with Crippen LogP contribution in [0.3, 0.4) is 0 Å². The van der Waals surface area contributed by atoms with Gasteiger partial charge in [0.1, 0.15) is 22.1 Å². The third-order valence-corrected chi connectivity index (χ3v) is 10.5. The Morgan fingerprint density at radius 3 is 2.58 bits per heavy atom. The SMILES string of the molecule is COc1cc(-c2nc([C@H]3CC[C@H](N4CCN(C)CC4)CC3)n3ccnc(C)c23)ccc1NC(=O)c1cc2ccsc2n1C. The monoisotopic (exact) mass is 597 g/mol. The zero-order valence-corrected chi connectivity index (χ0v) is 26.2. The van der Waals surface area contributed by atoms with Crippen LogP contribution >= 0.6 is 11.3 Å². The number of fused-ring (bicyclic) bond motifs is 2. The van der Waals surface area contributed by atoms with Gasteiger partial charge >= 0.3 is 0 Å². The normalized spacial score (nSPS) is 20.2. The Bertz CT molecular complexity index is 1790. The average molecular weight is 598 g/mol. The number of benzene rings is 1. The highest BCUT2D eigenvalue weighted by Gasteiger charge is 2.31. The highest BCUT2D eigenvalue weighted by molar-refractivity contribution is 7.16.